The first kappa shape index (κ1) is 35.6. The first-order chi connectivity index (χ1) is 26.1. The van der Waals surface area contributed by atoms with Crippen LogP contribution in [-0.2, 0) is 11.3 Å². The summed E-state index contributed by atoms with van der Waals surface area (Å²) < 4.78 is 3.46. The number of hydrogen-bond acceptors (Lipinski definition) is 8. The number of aromatic nitrogens is 5. The minimum absolute atomic E-state index is 0.0408. The van der Waals surface area contributed by atoms with Crippen LogP contribution in [0, 0.1) is 26.7 Å². The molecule has 12 heteroatoms. The van der Waals surface area contributed by atoms with Gasteiger partial charge in [0.25, 0.3) is 11.5 Å². The minimum atomic E-state index is -1.16. The zero-order chi connectivity index (χ0) is 37.6. The van der Waals surface area contributed by atoms with E-state index in [1.54, 1.807) is 6.20 Å². The number of pyridine rings is 1. The molecule has 2 atom stereocenters. The topological polar surface area (TPSA) is 126 Å². The van der Waals surface area contributed by atoms with E-state index in [0.717, 1.165) is 33.2 Å². The number of likely N-dealkylation sites (tertiary alicyclic amines) is 2. The fourth-order valence-electron chi connectivity index (χ4n) is 8.04. The van der Waals surface area contributed by atoms with E-state index < -0.39 is 5.60 Å². The van der Waals surface area contributed by atoms with Gasteiger partial charge in [0.15, 0.2) is 5.65 Å². The summed E-state index contributed by atoms with van der Waals surface area (Å²) in [4.78, 5) is 60.0. The molecular formula is C42H43N7O4S. The van der Waals surface area contributed by atoms with Crippen molar-refractivity contribution in [1.29, 1.82) is 0 Å². The number of piperidine rings is 2. The molecule has 2 amide bonds. The van der Waals surface area contributed by atoms with Gasteiger partial charge in [-0.3, -0.25) is 28.5 Å². The third-order valence-corrected chi connectivity index (χ3v) is 12.2. The minimum Gasteiger partial charge on any atom is -0.388 e. The number of aryl methyl sites for hydroxylation is 3. The van der Waals surface area contributed by atoms with E-state index in [1.807, 2.05) is 114 Å². The number of para-hydroxylation sites is 1. The first-order valence-corrected chi connectivity index (χ1v) is 19.3. The van der Waals surface area contributed by atoms with Crippen molar-refractivity contribution in [3.8, 4) is 16.3 Å². The zero-order valence-electron chi connectivity index (χ0n) is 30.7. The SMILES string of the molecule is Cc1ccc(-c2nc(C)c(C(=O)N3CC[C@@H](C(=O)N4CCC(O)(Cn5cnc6c(cc(C)n6-c6ccccc6)c5=O)CC4)[C@H](c4ccccc4)C3)s2)cn1. The normalized spacial score (nSPS) is 18.6. The Balaban J connectivity index is 0.960. The highest BCUT2D eigenvalue weighted by Crippen LogP contribution is 2.37. The van der Waals surface area contributed by atoms with Crippen LogP contribution in [0.15, 0.2) is 96.2 Å². The van der Waals surface area contributed by atoms with Gasteiger partial charge < -0.3 is 14.9 Å². The van der Waals surface area contributed by atoms with Crippen molar-refractivity contribution in [2.75, 3.05) is 26.2 Å². The van der Waals surface area contributed by atoms with Crippen LogP contribution in [0.4, 0.5) is 0 Å². The second-order valence-electron chi connectivity index (χ2n) is 14.7. The van der Waals surface area contributed by atoms with Crippen LogP contribution in [-0.4, -0.2) is 82.6 Å². The highest BCUT2D eigenvalue weighted by molar-refractivity contribution is 7.17. The van der Waals surface area contributed by atoms with E-state index in [2.05, 4.69) is 9.97 Å². The number of benzene rings is 2. The molecule has 8 rings (SSSR count). The molecule has 0 unspecified atom stereocenters. The van der Waals surface area contributed by atoms with Gasteiger partial charge in [0, 0.05) is 66.9 Å². The Morgan fingerprint density at radius 2 is 1.63 bits per heavy atom. The van der Waals surface area contributed by atoms with Crippen LogP contribution in [0.1, 0.15) is 57.5 Å². The predicted molar refractivity (Wildman–Crippen MR) is 209 cm³/mol. The highest BCUT2D eigenvalue weighted by Gasteiger charge is 2.42. The number of thiazole rings is 1. The lowest BCUT2D eigenvalue weighted by Crippen LogP contribution is -2.53. The number of carbonyl (C=O) groups is 2. The van der Waals surface area contributed by atoms with Crippen LogP contribution in [0.2, 0.25) is 0 Å². The van der Waals surface area contributed by atoms with Gasteiger partial charge in [0.05, 0.1) is 23.2 Å². The molecule has 54 heavy (non-hydrogen) atoms. The van der Waals surface area contributed by atoms with Crippen molar-refractivity contribution in [3.63, 3.8) is 0 Å². The van der Waals surface area contributed by atoms with Gasteiger partial charge >= 0.3 is 0 Å². The van der Waals surface area contributed by atoms with Gasteiger partial charge in [-0.05, 0) is 75.9 Å². The molecule has 6 aromatic rings. The van der Waals surface area contributed by atoms with Gasteiger partial charge in [-0.15, -0.1) is 11.3 Å². The number of fused-ring (bicyclic) bond motifs is 1. The van der Waals surface area contributed by atoms with E-state index in [4.69, 9.17) is 4.98 Å². The Labute approximate surface area is 317 Å². The fraction of sp³-hybridized carbons (Fsp3) is 0.333. The summed E-state index contributed by atoms with van der Waals surface area (Å²) in [5.74, 6) is -0.528. The average molecular weight is 742 g/mol. The van der Waals surface area contributed by atoms with Crippen LogP contribution < -0.4 is 5.56 Å². The van der Waals surface area contributed by atoms with Crippen molar-refractivity contribution >= 4 is 34.2 Å². The number of amides is 2. The molecule has 2 aliphatic heterocycles. The van der Waals surface area contributed by atoms with Crippen molar-refractivity contribution in [2.45, 2.75) is 58.1 Å². The average Bonchev–Trinajstić information content (AvgIpc) is 3.75. The van der Waals surface area contributed by atoms with E-state index >= 15 is 0 Å². The maximum atomic E-state index is 14.3. The Hall–Kier alpha value is -5.46. The smallest absolute Gasteiger partial charge is 0.265 e. The number of nitrogens with zero attached hydrogens (tertiary/aromatic N) is 7. The number of aliphatic hydroxyl groups is 1. The third kappa shape index (κ3) is 6.75. The highest BCUT2D eigenvalue weighted by atomic mass is 32.1. The standard InChI is InChI=1S/C42H43N7O4S/c1-27-14-15-31(23-43-27)38-45-29(3)36(54-38)41(52)47-19-16-33(35(24-47)30-10-6-4-7-11-30)39(50)46-20-17-42(53,18-21-46)25-48-26-44-37-34(40(48)51)22-28(2)49(37)32-12-8-5-9-13-32/h4-15,22-23,26,33,35,53H,16-21,24-25H2,1-3H3/t33-,35+/m1/s1. The molecule has 2 aromatic carbocycles. The quantitative estimate of drug-likeness (QED) is 0.215. The molecule has 0 spiro atoms. The zero-order valence-corrected chi connectivity index (χ0v) is 31.5. The van der Waals surface area contributed by atoms with E-state index in [-0.39, 0.29) is 35.8 Å². The van der Waals surface area contributed by atoms with Gasteiger partial charge in [-0.2, -0.15) is 0 Å². The molecule has 0 bridgehead atoms. The first-order valence-electron chi connectivity index (χ1n) is 18.5. The molecule has 2 saturated heterocycles. The van der Waals surface area contributed by atoms with E-state index in [1.165, 1.54) is 22.2 Å². The van der Waals surface area contributed by atoms with E-state index in [9.17, 15) is 19.5 Å². The number of hydrogen-bond donors (Lipinski definition) is 1. The van der Waals surface area contributed by atoms with Crippen LogP contribution in [0.25, 0.3) is 27.3 Å². The lowest BCUT2D eigenvalue weighted by molar-refractivity contribution is -0.142. The second kappa shape index (κ2) is 14.4. The molecular weight excluding hydrogens is 699 g/mol. The molecule has 4 aromatic heterocycles. The van der Waals surface area contributed by atoms with Gasteiger partial charge in [-0.25, -0.2) is 9.97 Å². The lowest BCUT2D eigenvalue weighted by atomic mass is 9.79. The van der Waals surface area contributed by atoms with Crippen molar-refractivity contribution in [3.05, 3.63) is 129 Å². The Bertz CT molecular complexity index is 2380. The molecule has 0 aliphatic carbocycles. The molecule has 0 saturated carbocycles. The van der Waals surface area contributed by atoms with Gasteiger partial charge in [0.2, 0.25) is 5.91 Å². The predicted octanol–water partition coefficient (Wildman–Crippen LogP) is 5.93. The third-order valence-electron chi connectivity index (χ3n) is 11.0. The summed E-state index contributed by atoms with van der Waals surface area (Å²) in [6.07, 6.45) is 4.51. The Morgan fingerprint density at radius 3 is 2.33 bits per heavy atom. The summed E-state index contributed by atoms with van der Waals surface area (Å²) in [6, 6.07) is 25.5. The Kier molecular flexibility index (Phi) is 9.49. The van der Waals surface area contributed by atoms with Crippen LogP contribution >= 0.6 is 11.3 Å². The van der Waals surface area contributed by atoms with Gasteiger partial charge in [0.1, 0.15) is 16.2 Å². The molecule has 11 nitrogen and oxygen atoms in total. The van der Waals surface area contributed by atoms with Gasteiger partial charge in [-0.1, -0.05) is 48.5 Å². The largest absolute Gasteiger partial charge is 0.388 e. The maximum Gasteiger partial charge on any atom is 0.265 e. The monoisotopic (exact) mass is 741 g/mol. The molecule has 2 aliphatic rings. The fourth-order valence-corrected chi connectivity index (χ4v) is 9.06. The van der Waals surface area contributed by atoms with E-state index in [0.29, 0.717) is 67.0 Å². The van der Waals surface area contributed by atoms with Crippen molar-refractivity contribution in [1.82, 2.24) is 33.9 Å². The number of carbonyl (C=O) groups excluding carboxylic acids is 2. The summed E-state index contributed by atoms with van der Waals surface area (Å²) in [7, 11) is 0. The molecule has 1 N–H and O–H groups in total. The lowest BCUT2D eigenvalue weighted by Gasteiger charge is -2.43. The summed E-state index contributed by atoms with van der Waals surface area (Å²) in [5, 5.41) is 13.0. The van der Waals surface area contributed by atoms with Crippen molar-refractivity contribution in [2.24, 2.45) is 5.92 Å². The van der Waals surface area contributed by atoms with Crippen molar-refractivity contribution < 1.29 is 14.7 Å². The molecule has 276 valence electrons. The van der Waals surface area contributed by atoms with Crippen LogP contribution in [0.5, 0.6) is 0 Å². The molecule has 0 radical (unpaired) electrons. The summed E-state index contributed by atoms with van der Waals surface area (Å²) >= 11 is 1.38. The number of rotatable bonds is 7. The molecule has 2 fully saturated rings. The maximum absolute atomic E-state index is 14.3. The summed E-state index contributed by atoms with van der Waals surface area (Å²) in [6.45, 7) is 7.47. The Morgan fingerprint density at radius 1 is 0.907 bits per heavy atom. The molecule has 6 heterocycles. The van der Waals surface area contributed by atoms with Crippen LogP contribution in [0.3, 0.4) is 0 Å². The summed E-state index contributed by atoms with van der Waals surface area (Å²) in [5.41, 5.74) is 4.55. The second-order valence-corrected chi connectivity index (χ2v) is 15.7.